The molecular weight excluding hydrogens is 330 g/mol. The fourth-order valence-corrected chi connectivity index (χ4v) is 3.06. The van der Waals surface area contributed by atoms with Gasteiger partial charge in [0.15, 0.2) is 0 Å². The summed E-state index contributed by atoms with van der Waals surface area (Å²) in [7, 11) is 0. The maximum atomic E-state index is 12.4. The molecule has 1 aromatic heterocycles. The molecule has 138 valence electrons. The first-order chi connectivity index (χ1) is 12.6. The average molecular weight is 355 g/mol. The first-order valence-electron chi connectivity index (χ1n) is 8.96. The Kier molecular flexibility index (Phi) is 5.88. The Morgan fingerprint density at radius 3 is 2.73 bits per heavy atom. The summed E-state index contributed by atoms with van der Waals surface area (Å²) in [6.45, 7) is 4.48. The summed E-state index contributed by atoms with van der Waals surface area (Å²) in [5.41, 5.74) is 1.22. The molecule has 3 amide bonds. The van der Waals surface area contributed by atoms with Crippen LogP contribution in [0.1, 0.15) is 12.5 Å². The fourth-order valence-electron chi connectivity index (χ4n) is 3.06. The molecule has 1 N–H and O–H groups in total. The van der Waals surface area contributed by atoms with Crippen LogP contribution in [-0.2, 0) is 17.8 Å². The Labute approximate surface area is 153 Å². The van der Waals surface area contributed by atoms with Crippen molar-refractivity contribution >= 4 is 11.9 Å². The molecule has 1 aliphatic rings. The van der Waals surface area contributed by atoms with Gasteiger partial charge >= 0.3 is 6.03 Å². The summed E-state index contributed by atoms with van der Waals surface area (Å²) in [6.07, 6.45) is 4.40. The van der Waals surface area contributed by atoms with Crippen molar-refractivity contribution in [3.8, 4) is 0 Å². The molecule has 2 heterocycles. The molecule has 0 unspecified atom stereocenters. The average Bonchev–Trinajstić information content (AvgIpc) is 3.14. The van der Waals surface area contributed by atoms with Gasteiger partial charge in [-0.1, -0.05) is 30.3 Å². The van der Waals surface area contributed by atoms with Crippen LogP contribution in [0, 0.1) is 0 Å². The Balaban J connectivity index is 1.43. The van der Waals surface area contributed by atoms with E-state index in [-0.39, 0.29) is 24.5 Å². The molecule has 0 bridgehead atoms. The Hall–Kier alpha value is -2.83. The van der Waals surface area contributed by atoms with Gasteiger partial charge in [-0.15, -0.1) is 0 Å². The van der Waals surface area contributed by atoms with Gasteiger partial charge in [-0.3, -0.25) is 9.48 Å². The molecule has 26 heavy (non-hydrogen) atoms. The summed E-state index contributed by atoms with van der Waals surface area (Å²) in [6, 6.07) is 11.7. The molecule has 1 saturated heterocycles. The fraction of sp³-hybridized carbons (Fsp3) is 0.421. The van der Waals surface area contributed by atoms with Gasteiger partial charge in [0, 0.05) is 38.1 Å². The van der Waals surface area contributed by atoms with Crippen LogP contribution >= 0.6 is 0 Å². The van der Waals surface area contributed by atoms with Crippen molar-refractivity contribution in [2.24, 2.45) is 0 Å². The van der Waals surface area contributed by atoms with Crippen LogP contribution in [0.5, 0.6) is 0 Å². The normalized spacial score (nSPS) is 15.8. The number of nitrogens with one attached hydrogen (secondary N) is 1. The molecule has 7 heteroatoms. The molecule has 1 atom stereocenters. The van der Waals surface area contributed by atoms with Gasteiger partial charge < -0.3 is 15.1 Å². The molecule has 0 aliphatic carbocycles. The van der Waals surface area contributed by atoms with E-state index in [0.717, 1.165) is 6.42 Å². The smallest absolute Gasteiger partial charge is 0.318 e. The minimum atomic E-state index is -0.194. The standard InChI is InChI=1S/C19H25N5O2/c1-16(14-24-10-5-9-20-24)21-19(26)23-13-12-22(18(25)15-23)11-8-17-6-3-2-4-7-17/h2-7,9-10,16H,8,11-15H2,1H3,(H,21,26)/t16-/m1/s1. The summed E-state index contributed by atoms with van der Waals surface area (Å²) in [5, 5.41) is 7.07. The molecule has 2 aromatic rings. The van der Waals surface area contributed by atoms with E-state index in [1.54, 1.807) is 15.8 Å². The minimum absolute atomic E-state index is 0.00191. The number of aromatic nitrogens is 2. The van der Waals surface area contributed by atoms with E-state index in [4.69, 9.17) is 0 Å². The van der Waals surface area contributed by atoms with Crippen LogP contribution < -0.4 is 5.32 Å². The van der Waals surface area contributed by atoms with E-state index in [1.807, 2.05) is 42.3 Å². The van der Waals surface area contributed by atoms with Crippen molar-refractivity contribution in [3.05, 3.63) is 54.4 Å². The van der Waals surface area contributed by atoms with Crippen molar-refractivity contribution in [2.45, 2.75) is 25.9 Å². The lowest BCUT2D eigenvalue weighted by Gasteiger charge is -2.35. The second-order valence-electron chi connectivity index (χ2n) is 6.62. The number of benzene rings is 1. The maximum absolute atomic E-state index is 12.4. The summed E-state index contributed by atoms with van der Waals surface area (Å²) >= 11 is 0. The molecule has 0 spiro atoms. The number of urea groups is 1. The number of carbonyl (C=O) groups excluding carboxylic acids is 2. The number of rotatable bonds is 6. The summed E-state index contributed by atoms with van der Waals surface area (Å²) < 4.78 is 1.78. The van der Waals surface area contributed by atoms with E-state index < -0.39 is 0 Å². The number of hydrogen-bond donors (Lipinski definition) is 1. The van der Waals surface area contributed by atoms with Crippen molar-refractivity contribution < 1.29 is 9.59 Å². The first-order valence-corrected chi connectivity index (χ1v) is 8.96. The highest BCUT2D eigenvalue weighted by molar-refractivity contribution is 5.85. The Morgan fingerprint density at radius 1 is 1.23 bits per heavy atom. The lowest BCUT2D eigenvalue weighted by molar-refractivity contribution is -0.134. The van der Waals surface area contributed by atoms with Crippen LogP contribution in [0.2, 0.25) is 0 Å². The highest BCUT2D eigenvalue weighted by Gasteiger charge is 2.27. The largest absolute Gasteiger partial charge is 0.339 e. The Morgan fingerprint density at radius 2 is 2.04 bits per heavy atom. The lowest BCUT2D eigenvalue weighted by Crippen LogP contribution is -2.56. The predicted molar refractivity (Wildman–Crippen MR) is 98.5 cm³/mol. The van der Waals surface area contributed by atoms with Gasteiger partial charge in [-0.05, 0) is 25.0 Å². The third kappa shape index (κ3) is 4.84. The third-order valence-electron chi connectivity index (χ3n) is 4.51. The zero-order chi connectivity index (χ0) is 18.4. The topological polar surface area (TPSA) is 70.5 Å². The second-order valence-corrected chi connectivity index (χ2v) is 6.62. The van der Waals surface area contributed by atoms with Crippen molar-refractivity contribution in [2.75, 3.05) is 26.2 Å². The van der Waals surface area contributed by atoms with Gasteiger partial charge in [-0.2, -0.15) is 5.10 Å². The monoisotopic (exact) mass is 355 g/mol. The number of nitrogens with zero attached hydrogens (tertiary/aromatic N) is 4. The summed E-state index contributed by atoms with van der Waals surface area (Å²) in [4.78, 5) is 28.2. The number of piperazine rings is 1. The SMILES string of the molecule is C[C@H](Cn1cccn1)NC(=O)N1CCN(CCc2ccccc2)C(=O)C1. The van der Waals surface area contributed by atoms with E-state index in [1.165, 1.54) is 5.56 Å². The van der Waals surface area contributed by atoms with Crippen molar-refractivity contribution in [3.63, 3.8) is 0 Å². The van der Waals surface area contributed by atoms with Crippen LogP contribution in [0.4, 0.5) is 4.79 Å². The van der Waals surface area contributed by atoms with E-state index >= 15 is 0 Å². The van der Waals surface area contributed by atoms with Gasteiger partial charge in [0.2, 0.25) is 5.91 Å². The minimum Gasteiger partial charge on any atom is -0.339 e. The van der Waals surface area contributed by atoms with Crippen LogP contribution in [0.25, 0.3) is 0 Å². The molecule has 3 rings (SSSR count). The molecule has 1 fully saturated rings. The van der Waals surface area contributed by atoms with Gasteiger partial charge in [0.25, 0.3) is 0 Å². The van der Waals surface area contributed by atoms with Gasteiger partial charge in [0.05, 0.1) is 6.54 Å². The number of hydrogen-bond acceptors (Lipinski definition) is 3. The maximum Gasteiger partial charge on any atom is 0.318 e. The highest BCUT2D eigenvalue weighted by Crippen LogP contribution is 2.07. The second kappa shape index (κ2) is 8.51. The molecule has 1 aliphatic heterocycles. The molecule has 0 radical (unpaired) electrons. The lowest BCUT2D eigenvalue weighted by atomic mass is 10.1. The van der Waals surface area contributed by atoms with Crippen molar-refractivity contribution in [1.82, 2.24) is 24.9 Å². The van der Waals surface area contributed by atoms with E-state index in [0.29, 0.717) is 26.2 Å². The van der Waals surface area contributed by atoms with Crippen LogP contribution in [0.3, 0.4) is 0 Å². The molecule has 0 saturated carbocycles. The van der Waals surface area contributed by atoms with Gasteiger partial charge in [-0.25, -0.2) is 4.79 Å². The zero-order valence-corrected chi connectivity index (χ0v) is 15.0. The Bertz CT molecular complexity index is 717. The predicted octanol–water partition coefficient (Wildman–Crippen LogP) is 1.37. The quantitative estimate of drug-likeness (QED) is 0.851. The van der Waals surface area contributed by atoms with Crippen LogP contribution in [-0.4, -0.2) is 63.7 Å². The van der Waals surface area contributed by atoms with E-state index in [2.05, 4.69) is 22.5 Å². The molecule has 1 aromatic carbocycles. The van der Waals surface area contributed by atoms with Crippen LogP contribution in [0.15, 0.2) is 48.8 Å². The number of carbonyl (C=O) groups is 2. The highest BCUT2D eigenvalue weighted by atomic mass is 16.2. The zero-order valence-electron chi connectivity index (χ0n) is 15.0. The third-order valence-corrected chi connectivity index (χ3v) is 4.51. The first kappa shape index (κ1) is 18.0. The molecular formula is C19H25N5O2. The summed E-state index contributed by atoms with van der Waals surface area (Å²) in [5.74, 6) is 0.00191. The van der Waals surface area contributed by atoms with E-state index in [9.17, 15) is 9.59 Å². The molecule has 7 nitrogen and oxygen atoms in total. The van der Waals surface area contributed by atoms with Gasteiger partial charge in [0.1, 0.15) is 6.54 Å². The van der Waals surface area contributed by atoms with Crippen molar-refractivity contribution in [1.29, 1.82) is 0 Å². The number of amides is 3.